The molecule has 0 aromatic heterocycles. The van der Waals surface area contributed by atoms with Crippen molar-refractivity contribution in [3.63, 3.8) is 0 Å². The average Bonchev–Trinajstić information content (AvgIpc) is 2.70. The molecular formula is C24H30N2O4. The van der Waals surface area contributed by atoms with E-state index in [4.69, 9.17) is 9.47 Å². The van der Waals surface area contributed by atoms with Gasteiger partial charge in [0.2, 0.25) is 11.8 Å². The van der Waals surface area contributed by atoms with Gasteiger partial charge in [-0.3, -0.25) is 9.59 Å². The molecule has 30 heavy (non-hydrogen) atoms. The maximum atomic E-state index is 12.8. The number of carbonyl (C=O) groups is 2. The van der Waals surface area contributed by atoms with Crippen LogP contribution in [-0.2, 0) is 16.1 Å². The van der Waals surface area contributed by atoms with E-state index in [1.165, 1.54) is 0 Å². The van der Waals surface area contributed by atoms with Crippen LogP contribution >= 0.6 is 0 Å². The summed E-state index contributed by atoms with van der Waals surface area (Å²) in [5.74, 6) is 1.31. The van der Waals surface area contributed by atoms with Crippen LogP contribution in [0.4, 0.5) is 5.69 Å². The van der Waals surface area contributed by atoms with Gasteiger partial charge in [0.15, 0.2) is 0 Å². The molecule has 2 aromatic carbocycles. The monoisotopic (exact) mass is 410 g/mol. The highest BCUT2D eigenvalue weighted by molar-refractivity contribution is 5.97. The Bertz CT molecular complexity index is 893. The largest absolute Gasteiger partial charge is 0.491 e. The molecule has 1 N–H and O–H groups in total. The average molecular weight is 411 g/mol. The summed E-state index contributed by atoms with van der Waals surface area (Å²) in [6, 6.07) is 13.5. The van der Waals surface area contributed by atoms with Crippen LogP contribution in [0.15, 0.2) is 42.5 Å². The van der Waals surface area contributed by atoms with Gasteiger partial charge in [0.05, 0.1) is 18.3 Å². The third kappa shape index (κ3) is 5.75. The molecule has 1 heterocycles. The van der Waals surface area contributed by atoms with Crippen LogP contribution in [0.3, 0.4) is 0 Å². The topological polar surface area (TPSA) is 67.9 Å². The minimum atomic E-state index is -0.142. The van der Waals surface area contributed by atoms with Crippen LogP contribution < -0.4 is 19.7 Å². The predicted molar refractivity (Wildman–Crippen MR) is 117 cm³/mol. The van der Waals surface area contributed by atoms with Crippen molar-refractivity contribution in [2.24, 2.45) is 0 Å². The molecule has 2 amide bonds. The third-order valence-electron chi connectivity index (χ3n) is 4.82. The van der Waals surface area contributed by atoms with Gasteiger partial charge in [0, 0.05) is 19.4 Å². The first-order valence-corrected chi connectivity index (χ1v) is 10.4. The summed E-state index contributed by atoms with van der Waals surface area (Å²) in [5, 5.41) is 2.88. The maximum absolute atomic E-state index is 12.8. The van der Waals surface area contributed by atoms with E-state index in [2.05, 4.69) is 5.32 Å². The molecule has 0 saturated carbocycles. The highest BCUT2D eigenvalue weighted by atomic mass is 16.5. The minimum absolute atomic E-state index is 0.0673. The smallest absolute Gasteiger partial charge is 0.227 e. The molecule has 0 spiro atoms. The molecule has 0 aliphatic carbocycles. The SMILES string of the molecule is Cc1ccc2c(c1)N(C(=O)CCC(=O)NCc1ccc(OC(C)C)cc1)C[C@H](C)O2. The number of benzene rings is 2. The standard InChI is InChI=1S/C24H30N2O4/c1-16(2)29-20-8-6-19(7-9-20)14-25-23(27)11-12-24(28)26-15-18(4)30-22-10-5-17(3)13-21(22)26/h5-10,13,16,18H,11-12,14-15H2,1-4H3,(H,25,27)/t18-/m0/s1. The molecule has 1 aliphatic heterocycles. The lowest BCUT2D eigenvalue weighted by atomic mass is 10.1. The second-order valence-corrected chi connectivity index (χ2v) is 7.99. The molecule has 0 fully saturated rings. The molecule has 0 bridgehead atoms. The Kier molecular flexibility index (Phi) is 6.98. The first kappa shape index (κ1) is 21.7. The van der Waals surface area contributed by atoms with Crippen LogP contribution in [0.25, 0.3) is 0 Å². The van der Waals surface area contributed by atoms with E-state index < -0.39 is 0 Å². The number of hydrogen-bond donors (Lipinski definition) is 1. The van der Waals surface area contributed by atoms with E-state index in [-0.39, 0.29) is 36.9 Å². The zero-order valence-corrected chi connectivity index (χ0v) is 18.1. The highest BCUT2D eigenvalue weighted by Crippen LogP contribution is 2.34. The maximum Gasteiger partial charge on any atom is 0.227 e. The molecule has 6 nitrogen and oxygen atoms in total. The van der Waals surface area contributed by atoms with Gasteiger partial charge in [0.1, 0.15) is 17.6 Å². The summed E-state index contributed by atoms with van der Waals surface area (Å²) < 4.78 is 11.4. The van der Waals surface area contributed by atoms with Crippen LogP contribution in [0.5, 0.6) is 11.5 Å². The zero-order valence-electron chi connectivity index (χ0n) is 18.1. The van der Waals surface area contributed by atoms with Crippen molar-refractivity contribution in [2.45, 2.75) is 59.3 Å². The van der Waals surface area contributed by atoms with Gasteiger partial charge in [-0.1, -0.05) is 18.2 Å². The molecular weight excluding hydrogens is 380 g/mol. The minimum Gasteiger partial charge on any atom is -0.491 e. The Morgan fingerprint density at radius 2 is 1.90 bits per heavy atom. The summed E-state index contributed by atoms with van der Waals surface area (Å²) in [5.41, 5.74) is 2.83. The summed E-state index contributed by atoms with van der Waals surface area (Å²) in [6.07, 6.45) is 0.354. The van der Waals surface area contributed by atoms with Crippen molar-refractivity contribution < 1.29 is 19.1 Å². The Balaban J connectivity index is 1.50. The fourth-order valence-corrected chi connectivity index (χ4v) is 3.39. The van der Waals surface area contributed by atoms with Gasteiger partial charge in [-0.25, -0.2) is 0 Å². The molecule has 2 aromatic rings. The van der Waals surface area contributed by atoms with E-state index in [1.807, 2.05) is 70.2 Å². The van der Waals surface area contributed by atoms with Crippen molar-refractivity contribution >= 4 is 17.5 Å². The predicted octanol–water partition coefficient (Wildman–Crippen LogP) is 3.99. The Morgan fingerprint density at radius 1 is 1.17 bits per heavy atom. The number of nitrogens with one attached hydrogen (secondary N) is 1. The van der Waals surface area contributed by atoms with Gasteiger partial charge in [0.25, 0.3) is 0 Å². The van der Waals surface area contributed by atoms with Crippen LogP contribution in [0.1, 0.15) is 44.7 Å². The Morgan fingerprint density at radius 3 is 2.60 bits per heavy atom. The van der Waals surface area contributed by atoms with E-state index >= 15 is 0 Å². The molecule has 0 radical (unpaired) electrons. The van der Waals surface area contributed by atoms with E-state index in [0.717, 1.165) is 22.6 Å². The van der Waals surface area contributed by atoms with Gasteiger partial charge >= 0.3 is 0 Å². The van der Waals surface area contributed by atoms with E-state index in [1.54, 1.807) is 4.90 Å². The first-order chi connectivity index (χ1) is 14.3. The summed E-state index contributed by atoms with van der Waals surface area (Å²) in [4.78, 5) is 26.8. The van der Waals surface area contributed by atoms with E-state index in [0.29, 0.717) is 18.8 Å². The molecule has 6 heteroatoms. The molecule has 0 unspecified atom stereocenters. The van der Waals surface area contributed by atoms with Crippen molar-refractivity contribution in [1.29, 1.82) is 0 Å². The lowest BCUT2D eigenvalue weighted by Gasteiger charge is -2.33. The number of fused-ring (bicyclic) bond motifs is 1. The van der Waals surface area contributed by atoms with Crippen LogP contribution in [0.2, 0.25) is 0 Å². The van der Waals surface area contributed by atoms with Crippen molar-refractivity contribution in [1.82, 2.24) is 5.32 Å². The fourth-order valence-electron chi connectivity index (χ4n) is 3.39. The van der Waals surface area contributed by atoms with Gasteiger partial charge in [-0.2, -0.15) is 0 Å². The van der Waals surface area contributed by atoms with E-state index in [9.17, 15) is 9.59 Å². The number of carbonyl (C=O) groups excluding carboxylic acids is 2. The second kappa shape index (κ2) is 9.65. The number of nitrogens with zero attached hydrogens (tertiary/aromatic N) is 1. The van der Waals surface area contributed by atoms with Crippen molar-refractivity contribution in [2.75, 3.05) is 11.4 Å². The quantitative estimate of drug-likeness (QED) is 0.749. The summed E-state index contributed by atoms with van der Waals surface area (Å²) >= 11 is 0. The lowest BCUT2D eigenvalue weighted by Crippen LogP contribution is -2.42. The number of ether oxygens (including phenoxy) is 2. The molecule has 160 valence electrons. The van der Waals surface area contributed by atoms with Crippen LogP contribution in [0, 0.1) is 6.92 Å². The number of hydrogen-bond acceptors (Lipinski definition) is 4. The zero-order chi connectivity index (χ0) is 21.7. The Hall–Kier alpha value is -3.02. The van der Waals surface area contributed by atoms with Crippen molar-refractivity contribution in [3.8, 4) is 11.5 Å². The second-order valence-electron chi connectivity index (χ2n) is 7.99. The molecule has 1 atom stereocenters. The number of amides is 2. The normalized spacial score (nSPS) is 15.4. The number of aryl methyl sites for hydroxylation is 1. The van der Waals surface area contributed by atoms with Crippen LogP contribution in [-0.4, -0.2) is 30.6 Å². The van der Waals surface area contributed by atoms with Gasteiger partial charge in [-0.05, 0) is 63.1 Å². The number of anilines is 1. The molecule has 1 aliphatic rings. The van der Waals surface area contributed by atoms with Gasteiger partial charge in [-0.15, -0.1) is 0 Å². The third-order valence-corrected chi connectivity index (χ3v) is 4.82. The lowest BCUT2D eigenvalue weighted by molar-refractivity contribution is -0.125. The fraction of sp³-hybridized carbons (Fsp3) is 0.417. The Labute approximate surface area is 178 Å². The number of rotatable bonds is 7. The van der Waals surface area contributed by atoms with Gasteiger partial charge < -0.3 is 19.7 Å². The highest BCUT2D eigenvalue weighted by Gasteiger charge is 2.27. The first-order valence-electron chi connectivity index (χ1n) is 10.4. The molecule has 3 rings (SSSR count). The molecule has 0 saturated heterocycles. The summed E-state index contributed by atoms with van der Waals surface area (Å²) in [7, 11) is 0. The van der Waals surface area contributed by atoms with Crippen molar-refractivity contribution in [3.05, 3.63) is 53.6 Å². The summed E-state index contributed by atoms with van der Waals surface area (Å²) in [6.45, 7) is 8.79.